The molecule has 0 atom stereocenters. The highest BCUT2D eigenvalue weighted by Gasteiger charge is 2.14. The predicted octanol–water partition coefficient (Wildman–Crippen LogP) is 2.39. The van der Waals surface area contributed by atoms with Crippen LogP contribution in [0.1, 0.15) is 5.56 Å². The maximum Gasteiger partial charge on any atom is 0.297 e. The van der Waals surface area contributed by atoms with Crippen LogP contribution in [0, 0.1) is 6.92 Å². The molecule has 0 bridgehead atoms. The topological polar surface area (TPSA) is 304 Å². The molecule has 1 aromatic rings. The molecule has 0 fully saturated rings. The standard InChI is InChI=1S/C55H103N3O26S/c1-54-2-4-55(5-3-54)85(59,60)84-53-52-83-51-50-82-49-48-81-47-46-80-45-44-79-43-42-78-41-40-77-39-38-76-37-36-75-35-34-74-33-32-73-31-30-72-29-28-71-27-26-70-25-24-69-23-22-68-21-20-67-19-18-66-17-16-65-15-14-64-13-12-63-11-10-62-9-8-61-7-6-57-58-56/h2-5H,6-53H2,1H3. The first kappa shape index (κ1) is 80.5. The summed E-state index contributed by atoms with van der Waals surface area (Å²) in [5.74, 6) is 0. The van der Waals surface area contributed by atoms with Gasteiger partial charge in [-0.15, -0.1) is 0 Å². The molecule has 0 aromatic heterocycles. The average Bonchev–Trinajstić information content (AvgIpc) is 3.65. The predicted molar refractivity (Wildman–Crippen MR) is 307 cm³/mol. The lowest BCUT2D eigenvalue weighted by Crippen LogP contribution is -2.16. The van der Waals surface area contributed by atoms with Crippen molar-refractivity contribution in [2.75, 3.05) is 317 Å². The molecule has 0 aliphatic carbocycles. The molecule has 85 heavy (non-hydrogen) atoms. The van der Waals surface area contributed by atoms with E-state index in [-0.39, 0.29) is 18.1 Å². The molecule has 0 radical (unpaired) electrons. The number of benzene rings is 1. The zero-order chi connectivity index (χ0) is 60.8. The van der Waals surface area contributed by atoms with E-state index in [0.717, 1.165) is 5.56 Å². The molecule has 0 N–H and O–H groups in total. The van der Waals surface area contributed by atoms with Gasteiger partial charge in [0.15, 0.2) is 0 Å². The number of aryl methyl sites for hydroxylation is 1. The van der Waals surface area contributed by atoms with Gasteiger partial charge < -0.3 is 109 Å². The van der Waals surface area contributed by atoms with Gasteiger partial charge in [-0.2, -0.15) is 8.42 Å². The van der Waals surface area contributed by atoms with E-state index in [2.05, 4.69) is 10.0 Å². The SMILES string of the molecule is Cc1ccc(S(=O)(=O)OCCOCCOCCOCCOCCOCCOCCOCCOCCOCCOCCOCCOCCOCCOCCOCCOCCOCCOCCOCCOCCOCCOCCOCCN=[N+]=[N-])cc1. The first-order valence-electron chi connectivity index (χ1n) is 29.3. The second-order valence-corrected chi connectivity index (χ2v) is 18.7. The third-order valence-corrected chi connectivity index (χ3v) is 11.7. The molecular formula is C55H103N3O26S. The van der Waals surface area contributed by atoms with Gasteiger partial charge in [-0.05, 0) is 24.6 Å². The van der Waals surface area contributed by atoms with Gasteiger partial charge in [0.2, 0.25) is 0 Å². The average molecular weight is 1250 g/mol. The molecule has 0 saturated heterocycles. The normalized spacial score (nSPS) is 11.8. The smallest absolute Gasteiger partial charge is 0.297 e. The van der Waals surface area contributed by atoms with Crippen LogP contribution in [0.25, 0.3) is 10.4 Å². The van der Waals surface area contributed by atoms with Crippen LogP contribution < -0.4 is 0 Å². The summed E-state index contributed by atoms with van der Waals surface area (Å²) in [5.41, 5.74) is 9.14. The molecule has 29 nitrogen and oxygen atoms in total. The third kappa shape index (κ3) is 64.3. The van der Waals surface area contributed by atoms with Gasteiger partial charge in [0.1, 0.15) is 0 Å². The summed E-state index contributed by atoms with van der Waals surface area (Å²) in [5, 5.41) is 3.38. The van der Waals surface area contributed by atoms with Gasteiger partial charge in [-0.3, -0.25) is 4.18 Å². The number of rotatable bonds is 74. The van der Waals surface area contributed by atoms with Crippen molar-refractivity contribution >= 4 is 10.1 Å². The number of hydrogen-bond donors (Lipinski definition) is 0. The summed E-state index contributed by atoms with van der Waals surface area (Å²) < 4.78 is 155. The number of hydrogen-bond acceptors (Lipinski definition) is 27. The van der Waals surface area contributed by atoms with E-state index in [4.69, 9.17) is 119 Å². The minimum Gasteiger partial charge on any atom is -0.379 e. The monoisotopic (exact) mass is 1250 g/mol. The van der Waals surface area contributed by atoms with Gasteiger partial charge in [0.05, 0.1) is 315 Å². The first-order chi connectivity index (χ1) is 42.1. The quantitative estimate of drug-likeness (QED) is 0.0297. The van der Waals surface area contributed by atoms with E-state index < -0.39 is 10.1 Å². The van der Waals surface area contributed by atoms with Gasteiger partial charge in [0, 0.05) is 11.5 Å². The van der Waals surface area contributed by atoms with Crippen LogP contribution in [0.3, 0.4) is 0 Å². The Morgan fingerprint density at radius 2 is 0.424 bits per heavy atom. The lowest BCUT2D eigenvalue weighted by Gasteiger charge is -2.09. The number of azide groups is 1. The Kier molecular flexibility index (Phi) is 65.4. The molecular weight excluding hydrogens is 1150 g/mol. The highest BCUT2D eigenvalue weighted by atomic mass is 32.2. The molecule has 0 spiro atoms. The van der Waals surface area contributed by atoms with Gasteiger partial charge in [0.25, 0.3) is 10.1 Å². The van der Waals surface area contributed by atoms with E-state index in [1.165, 1.54) is 12.1 Å². The largest absolute Gasteiger partial charge is 0.379 e. The van der Waals surface area contributed by atoms with Crippen LogP contribution in [0.4, 0.5) is 0 Å². The second-order valence-electron chi connectivity index (χ2n) is 17.1. The number of ether oxygens (including phenoxy) is 23. The zero-order valence-corrected chi connectivity index (χ0v) is 51.4. The van der Waals surface area contributed by atoms with Crippen molar-refractivity contribution in [1.29, 1.82) is 0 Å². The van der Waals surface area contributed by atoms with Crippen molar-refractivity contribution in [1.82, 2.24) is 0 Å². The maximum atomic E-state index is 12.1. The van der Waals surface area contributed by atoms with Crippen molar-refractivity contribution in [3.05, 3.63) is 40.3 Å². The first-order valence-corrected chi connectivity index (χ1v) is 30.7. The second kappa shape index (κ2) is 69.0. The highest BCUT2D eigenvalue weighted by molar-refractivity contribution is 7.86. The summed E-state index contributed by atoms with van der Waals surface area (Å²) in [6.07, 6.45) is 0. The molecule has 30 heteroatoms. The molecule has 0 heterocycles. The Hall–Kier alpha value is -2.48. The summed E-state index contributed by atoms with van der Waals surface area (Å²) in [4.78, 5) is 2.77. The zero-order valence-electron chi connectivity index (χ0n) is 50.6. The fraction of sp³-hybridized carbons (Fsp3) is 0.891. The Labute approximate surface area is 504 Å². The van der Waals surface area contributed by atoms with Crippen molar-refractivity contribution in [3.8, 4) is 0 Å². The molecule has 0 aliphatic rings. The molecule has 1 rings (SSSR count). The van der Waals surface area contributed by atoms with Crippen LogP contribution in [-0.4, -0.2) is 325 Å². The Bertz CT molecular complexity index is 1630. The third-order valence-electron chi connectivity index (χ3n) is 10.4. The van der Waals surface area contributed by atoms with Crippen LogP contribution in [-0.2, 0) is 123 Å². The van der Waals surface area contributed by atoms with Crippen LogP contribution in [0.15, 0.2) is 34.3 Å². The van der Waals surface area contributed by atoms with E-state index >= 15 is 0 Å². The minimum atomic E-state index is -3.79. The molecule has 0 unspecified atom stereocenters. The van der Waals surface area contributed by atoms with E-state index in [0.29, 0.717) is 304 Å². The Balaban J connectivity index is 1.60. The number of nitrogens with zero attached hydrogens (tertiary/aromatic N) is 3. The summed E-state index contributed by atoms with van der Waals surface area (Å²) in [6.45, 7) is 23.1. The van der Waals surface area contributed by atoms with Crippen LogP contribution in [0.5, 0.6) is 0 Å². The van der Waals surface area contributed by atoms with Crippen molar-refractivity contribution in [2.45, 2.75) is 11.8 Å². The summed E-state index contributed by atoms with van der Waals surface area (Å²) >= 11 is 0. The Morgan fingerprint density at radius 1 is 0.271 bits per heavy atom. The molecule has 0 amide bonds. The van der Waals surface area contributed by atoms with Gasteiger partial charge in [-0.1, -0.05) is 22.8 Å². The van der Waals surface area contributed by atoms with Crippen molar-refractivity contribution in [3.63, 3.8) is 0 Å². The highest BCUT2D eigenvalue weighted by Crippen LogP contribution is 2.13. The lowest BCUT2D eigenvalue weighted by atomic mass is 10.2. The van der Waals surface area contributed by atoms with Gasteiger partial charge in [-0.25, -0.2) is 0 Å². The Morgan fingerprint density at radius 3 is 0.588 bits per heavy atom. The molecule has 0 aliphatic heterocycles. The van der Waals surface area contributed by atoms with Gasteiger partial charge >= 0.3 is 0 Å². The van der Waals surface area contributed by atoms with Crippen LogP contribution >= 0.6 is 0 Å². The molecule has 500 valence electrons. The summed E-state index contributed by atoms with van der Waals surface area (Å²) in [7, 11) is -3.79. The maximum absolute atomic E-state index is 12.1. The lowest BCUT2D eigenvalue weighted by molar-refractivity contribution is -0.0319. The molecule has 1 aromatic carbocycles. The van der Waals surface area contributed by atoms with Crippen molar-refractivity contribution < 1.29 is 122 Å². The van der Waals surface area contributed by atoms with Crippen molar-refractivity contribution in [2.24, 2.45) is 5.11 Å². The fourth-order valence-corrected chi connectivity index (χ4v) is 6.96. The minimum absolute atomic E-state index is 0.0696. The van der Waals surface area contributed by atoms with E-state index in [9.17, 15) is 8.42 Å². The summed E-state index contributed by atoms with van der Waals surface area (Å²) in [6, 6.07) is 6.47. The van der Waals surface area contributed by atoms with E-state index in [1.807, 2.05) is 6.92 Å². The fourth-order valence-electron chi connectivity index (χ4n) is 6.07. The van der Waals surface area contributed by atoms with E-state index in [1.54, 1.807) is 12.1 Å². The molecule has 0 saturated carbocycles. The van der Waals surface area contributed by atoms with Crippen LogP contribution in [0.2, 0.25) is 0 Å².